The van der Waals surface area contributed by atoms with Crippen molar-refractivity contribution < 1.29 is 16.8 Å². The van der Waals surface area contributed by atoms with Crippen LogP contribution in [0.2, 0.25) is 0 Å². The summed E-state index contributed by atoms with van der Waals surface area (Å²) in [5.74, 6) is 0. The largest absolute Gasteiger partial charge is 0.296 e. The van der Waals surface area contributed by atoms with Crippen molar-refractivity contribution in [2.75, 3.05) is 39.3 Å². The fourth-order valence-electron chi connectivity index (χ4n) is 4.17. The fraction of sp³-hybridized carbons (Fsp3) is 0.455. The second kappa shape index (κ2) is 9.38. The highest BCUT2D eigenvalue weighted by atomic mass is 32.2. The molecule has 0 radical (unpaired) electrons. The van der Waals surface area contributed by atoms with Crippen molar-refractivity contribution in [2.45, 2.75) is 35.6 Å². The molecule has 0 aliphatic carbocycles. The zero-order valence-corrected chi connectivity index (χ0v) is 19.2. The lowest BCUT2D eigenvalue weighted by Crippen LogP contribution is -2.48. The molecule has 0 N–H and O–H groups in total. The first-order chi connectivity index (χ1) is 14.9. The molecular formula is C22H29N3O4S2. The Kier molecular flexibility index (Phi) is 6.78. The van der Waals surface area contributed by atoms with E-state index >= 15 is 0 Å². The molecule has 31 heavy (non-hydrogen) atoms. The van der Waals surface area contributed by atoms with Crippen LogP contribution in [0.25, 0.3) is 0 Å². The molecule has 4 rings (SSSR count). The molecular weight excluding hydrogens is 434 g/mol. The summed E-state index contributed by atoms with van der Waals surface area (Å²) in [6.45, 7) is 3.82. The van der Waals surface area contributed by atoms with Crippen LogP contribution in [0.1, 0.15) is 24.8 Å². The Hall–Kier alpha value is -1.78. The Bertz CT molecular complexity index is 1090. The predicted molar refractivity (Wildman–Crippen MR) is 120 cm³/mol. The van der Waals surface area contributed by atoms with Crippen LogP contribution in [0.5, 0.6) is 0 Å². The maximum Gasteiger partial charge on any atom is 0.243 e. The van der Waals surface area contributed by atoms with Crippen LogP contribution in [0, 0.1) is 0 Å². The quantitative estimate of drug-likeness (QED) is 0.657. The molecule has 0 amide bonds. The van der Waals surface area contributed by atoms with E-state index in [0.717, 1.165) is 25.8 Å². The maximum absolute atomic E-state index is 13.2. The topological polar surface area (TPSA) is 78.0 Å². The van der Waals surface area contributed by atoms with Gasteiger partial charge in [-0.15, -0.1) is 0 Å². The highest BCUT2D eigenvalue weighted by Gasteiger charge is 2.31. The van der Waals surface area contributed by atoms with Crippen LogP contribution in [0.3, 0.4) is 0 Å². The molecule has 2 saturated heterocycles. The third kappa shape index (κ3) is 5.01. The number of nitrogens with zero attached hydrogens (tertiary/aromatic N) is 3. The van der Waals surface area contributed by atoms with E-state index in [1.807, 2.05) is 18.2 Å². The molecule has 0 aromatic heterocycles. The van der Waals surface area contributed by atoms with Gasteiger partial charge in [0.15, 0.2) is 0 Å². The fourth-order valence-corrected chi connectivity index (χ4v) is 7.27. The SMILES string of the molecule is O=S(=O)(c1cccc(S(=O)(=O)N2CCN(Cc3ccccc3)CC2)c1)N1CCCCC1. The minimum atomic E-state index is -3.75. The summed E-state index contributed by atoms with van der Waals surface area (Å²) >= 11 is 0. The monoisotopic (exact) mass is 463 g/mol. The maximum atomic E-state index is 13.2. The highest BCUT2D eigenvalue weighted by Crippen LogP contribution is 2.25. The Morgan fingerprint density at radius 2 is 1.16 bits per heavy atom. The summed E-state index contributed by atoms with van der Waals surface area (Å²) in [6, 6.07) is 15.9. The van der Waals surface area contributed by atoms with E-state index in [1.54, 1.807) is 0 Å². The molecule has 2 aliphatic heterocycles. The molecule has 2 heterocycles. The molecule has 2 aliphatic rings. The summed E-state index contributed by atoms with van der Waals surface area (Å²) < 4.78 is 55.3. The van der Waals surface area contributed by atoms with Crippen LogP contribution in [-0.4, -0.2) is 69.6 Å². The lowest BCUT2D eigenvalue weighted by Gasteiger charge is -2.34. The number of sulfonamides is 2. The van der Waals surface area contributed by atoms with E-state index in [1.165, 1.54) is 38.4 Å². The summed E-state index contributed by atoms with van der Waals surface area (Å²) in [5.41, 5.74) is 1.20. The molecule has 0 unspecified atom stereocenters. The van der Waals surface area contributed by atoms with Gasteiger partial charge in [-0.05, 0) is 36.6 Å². The van der Waals surface area contributed by atoms with Crippen LogP contribution < -0.4 is 0 Å². The summed E-state index contributed by atoms with van der Waals surface area (Å²) in [5, 5.41) is 0. The van der Waals surface area contributed by atoms with Crippen LogP contribution >= 0.6 is 0 Å². The van der Waals surface area contributed by atoms with Gasteiger partial charge in [0, 0.05) is 45.8 Å². The van der Waals surface area contributed by atoms with Crippen LogP contribution in [-0.2, 0) is 26.6 Å². The van der Waals surface area contributed by atoms with Crippen molar-refractivity contribution in [1.82, 2.24) is 13.5 Å². The first-order valence-electron chi connectivity index (χ1n) is 10.7. The Morgan fingerprint density at radius 3 is 1.74 bits per heavy atom. The molecule has 0 spiro atoms. The van der Waals surface area contributed by atoms with Crippen LogP contribution in [0.4, 0.5) is 0 Å². The van der Waals surface area contributed by atoms with Gasteiger partial charge in [0.2, 0.25) is 20.0 Å². The van der Waals surface area contributed by atoms with E-state index in [4.69, 9.17) is 0 Å². The smallest absolute Gasteiger partial charge is 0.243 e. The zero-order chi connectivity index (χ0) is 21.9. The van der Waals surface area contributed by atoms with Gasteiger partial charge in [0.1, 0.15) is 0 Å². The average Bonchev–Trinajstić information content (AvgIpc) is 2.81. The molecule has 2 aromatic carbocycles. The van der Waals surface area contributed by atoms with Crippen molar-refractivity contribution >= 4 is 20.0 Å². The standard InChI is InChI=1S/C22H29N3O4S2/c26-30(27,24-12-5-2-6-13-24)21-10-7-11-22(18-21)31(28,29)25-16-14-23(15-17-25)19-20-8-3-1-4-9-20/h1,3-4,7-11,18H,2,5-6,12-17,19H2. The highest BCUT2D eigenvalue weighted by molar-refractivity contribution is 7.90. The summed E-state index contributed by atoms with van der Waals surface area (Å²) in [4.78, 5) is 2.33. The summed E-state index contributed by atoms with van der Waals surface area (Å²) in [6.07, 6.45) is 2.70. The van der Waals surface area contributed by atoms with Gasteiger partial charge in [-0.2, -0.15) is 8.61 Å². The molecule has 9 heteroatoms. The Balaban J connectivity index is 1.46. The molecule has 168 valence electrons. The minimum absolute atomic E-state index is 0.0436. The number of piperazine rings is 1. The predicted octanol–water partition coefficient (Wildman–Crippen LogP) is 2.37. The minimum Gasteiger partial charge on any atom is -0.296 e. The summed E-state index contributed by atoms with van der Waals surface area (Å²) in [7, 11) is -7.42. The Morgan fingerprint density at radius 1 is 0.613 bits per heavy atom. The van der Waals surface area contributed by atoms with Crippen molar-refractivity contribution in [1.29, 1.82) is 0 Å². The van der Waals surface area contributed by atoms with Crippen LogP contribution in [0.15, 0.2) is 64.4 Å². The molecule has 2 aromatic rings. The number of benzene rings is 2. The Labute approximate surface area is 185 Å². The van der Waals surface area contributed by atoms with Crippen molar-refractivity contribution in [2.24, 2.45) is 0 Å². The number of hydrogen-bond acceptors (Lipinski definition) is 5. The van der Waals surface area contributed by atoms with E-state index < -0.39 is 20.0 Å². The first-order valence-corrected chi connectivity index (χ1v) is 13.6. The first kappa shape index (κ1) is 22.4. The lowest BCUT2D eigenvalue weighted by molar-refractivity contribution is 0.181. The third-order valence-electron chi connectivity index (χ3n) is 5.98. The molecule has 0 bridgehead atoms. The molecule has 7 nitrogen and oxygen atoms in total. The second-order valence-corrected chi connectivity index (χ2v) is 12.0. The van der Waals surface area contributed by atoms with Gasteiger partial charge in [0.25, 0.3) is 0 Å². The van der Waals surface area contributed by atoms with E-state index in [0.29, 0.717) is 39.3 Å². The van der Waals surface area contributed by atoms with Crippen molar-refractivity contribution in [3.05, 3.63) is 60.2 Å². The van der Waals surface area contributed by atoms with Crippen molar-refractivity contribution in [3.63, 3.8) is 0 Å². The van der Waals surface area contributed by atoms with Gasteiger partial charge < -0.3 is 0 Å². The van der Waals surface area contributed by atoms with Gasteiger partial charge in [-0.25, -0.2) is 16.8 Å². The normalized spacial score (nSPS) is 20.0. The second-order valence-electron chi connectivity index (χ2n) is 8.11. The third-order valence-corrected chi connectivity index (χ3v) is 9.77. The molecule has 2 fully saturated rings. The van der Waals surface area contributed by atoms with E-state index in [2.05, 4.69) is 17.0 Å². The molecule has 0 atom stereocenters. The molecule has 0 saturated carbocycles. The number of hydrogen-bond donors (Lipinski definition) is 0. The number of piperidine rings is 1. The van der Waals surface area contributed by atoms with Gasteiger partial charge in [0.05, 0.1) is 9.79 Å². The zero-order valence-electron chi connectivity index (χ0n) is 17.6. The van der Waals surface area contributed by atoms with Gasteiger partial charge in [-0.3, -0.25) is 4.90 Å². The van der Waals surface area contributed by atoms with E-state index in [-0.39, 0.29) is 9.79 Å². The lowest BCUT2D eigenvalue weighted by atomic mass is 10.2. The van der Waals surface area contributed by atoms with E-state index in [9.17, 15) is 16.8 Å². The average molecular weight is 464 g/mol. The van der Waals surface area contributed by atoms with Crippen molar-refractivity contribution in [3.8, 4) is 0 Å². The van der Waals surface area contributed by atoms with Gasteiger partial charge in [-0.1, -0.05) is 42.8 Å². The number of rotatable bonds is 6. The van der Waals surface area contributed by atoms with Gasteiger partial charge >= 0.3 is 0 Å².